The number of anilines is 1. The molecule has 1 N–H and O–H groups in total. The zero-order valence-electron chi connectivity index (χ0n) is 15.9. The smallest absolute Gasteiger partial charge is 0.422 e. The van der Waals surface area contributed by atoms with Crippen molar-refractivity contribution in [3.05, 3.63) is 52.7 Å². The number of benzene rings is 1. The molecule has 2 aromatic rings. The summed E-state index contributed by atoms with van der Waals surface area (Å²) >= 11 is 6.12. The predicted octanol–water partition coefficient (Wildman–Crippen LogP) is 3.94. The molecule has 2 atom stereocenters. The summed E-state index contributed by atoms with van der Waals surface area (Å²) in [5.74, 6) is -0.580. The minimum absolute atomic E-state index is 0.0275. The molecule has 1 aromatic heterocycles. The van der Waals surface area contributed by atoms with Gasteiger partial charge in [0.1, 0.15) is 6.07 Å². The zero-order chi connectivity index (χ0) is 21.9. The summed E-state index contributed by atoms with van der Waals surface area (Å²) in [5, 5.41) is 12.3. The molecular weight excluding hydrogens is 421 g/mol. The van der Waals surface area contributed by atoms with Gasteiger partial charge in [-0.05, 0) is 37.6 Å². The zero-order valence-corrected chi connectivity index (χ0v) is 16.7. The number of pyridine rings is 1. The van der Waals surface area contributed by atoms with Crippen LogP contribution in [0.2, 0.25) is 5.02 Å². The van der Waals surface area contributed by atoms with Crippen LogP contribution < -0.4 is 15.0 Å². The summed E-state index contributed by atoms with van der Waals surface area (Å²) in [5.41, 5.74) is 1.48. The lowest BCUT2D eigenvalue weighted by atomic mass is 10.1. The maximum Gasteiger partial charge on any atom is 0.422 e. The molecule has 1 aromatic carbocycles. The summed E-state index contributed by atoms with van der Waals surface area (Å²) < 4.78 is 41.1. The Morgan fingerprint density at radius 3 is 2.77 bits per heavy atom. The molecule has 0 radical (unpaired) electrons. The Kier molecular flexibility index (Phi) is 6.37. The van der Waals surface area contributed by atoms with Crippen LogP contribution in [0.4, 0.5) is 18.9 Å². The number of carbonyl (C=O) groups excluding carboxylic acids is 1. The number of carbonyl (C=O) groups is 1. The Morgan fingerprint density at radius 2 is 2.17 bits per heavy atom. The minimum Gasteiger partial charge on any atom is -0.468 e. The van der Waals surface area contributed by atoms with E-state index in [1.54, 1.807) is 12.1 Å². The molecule has 158 valence electrons. The summed E-state index contributed by atoms with van der Waals surface area (Å²) in [4.78, 5) is 18.3. The first kappa shape index (κ1) is 21.7. The molecule has 1 aliphatic rings. The highest BCUT2D eigenvalue weighted by atomic mass is 35.5. The van der Waals surface area contributed by atoms with E-state index in [1.807, 2.05) is 19.1 Å². The molecule has 10 heteroatoms. The van der Waals surface area contributed by atoms with Gasteiger partial charge >= 0.3 is 6.18 Å². The molecule has 0 spiro atoms. The number of rotatable bonds is 5. The van der Waals surface area contributed by atoms with E-state index in [2.05, 4.69) is 19.9 Å². The van der Waals surface area contributed by atoms with Crippen LogP contribution in [-0.2, 0) is 0 Å². The van der Waals surface area contributed by atoms with Crippen molar-refractivity contribution in [1.82, 2.24) is 10.3 Å². The average Bonchev–Trinajstić information content (AvgIpc) is 3.06. The lowest BCUT2D eigenvalue weighted by molar-refractivity contribution is -0.154. The van der Waals surface area contributed by atoms with Crippen LogP contribution >= 0.6 is 11.6 Å². The van der Waals surface area contributed by atoms with Gasteiger partial charge in [-0.3, -0.25) is 4.79 Å². The van der Waals surface area contributed by atoms with E-state index in [0.717, 1.165) is 5.69 Å². The van der Waals surface area contributed by atoms with E-state index in [4.69, 9.17) is 16.9 Å². The second-order valence-electron chi connectivity index (χ2n) is 6.87. The Balaban J connectivity index is 1.61. The van der Waals surface area contributed by atoms with Gasteiger partial charge in [0.05, 0.1) is 22.2 Å². The monoisotopic (exact) mass is 438 g/mol. The van der Waals surface area contributed by atoms with Crippen molar-refractivity contribution in [3.8, 4) is 11.9 Å². The molecule has 30 heavy (non-hydrogen) atoms. The highest BCUT2D eigenvalue weighted by molar-refractivity contribution is 6.32. The van der Waals surface area contributed by atoms with Crippen LogP contribution in [0.5, 0.6) is 5.88 Å². The number of hydrogen-bond acceptors (Lipinski definition) is 5. The molecule has 0 saturated carbocycles. The van der Waals surface area contributed by atoms with Crippen molar-refractivity contribution in [1.29, 1.82) is 5.26 Å². The molecule has 2 heterocycles. The van der Waals surface area contributed by atoms with Gasteiger partial charge < -0.3 is 15.0 Å². The van der Waals surface area contributed by atoms with E-state index < -0.39 is 12.8 Å². The summed E-state index contributed by atoms with van der Waals surface area (Å²) in [6.07, 6.45) is -2.58. The summed E-state index contributed by atoms with van der Waals surface area (Å²) in [6.45, 7) is 1.22. The van der Waals surface area contributed by atoms with Crippen molar-refractivity contribution < 1.29 is 22.7 Å². The highest BCUT2D eigenvalue weighted by Gasteiger charge is 2.32. The van der Waals surface area contributed by atoms with Crippen molar-refractivity contribution in [3.63, 3.8) is 0 Å². The van der Waals surface area contributed by atoms with Gasteiger partial charge in [0.15, 0.2) is 6.61 Å². The normalized spacial score (nSPS) is 18.7. The van der Waals surface area contributed by atoms with Crippen LogP contribution in [0.3, 0.4) is 0 Å². The number of hydrogen-bond donors (Lipinski definition) is 1. The molecule has 1 fully saturated rings. The Labute approximate surface area is 176 Å². The maximum absolute atomic E-state index is 12.5. The molecule has 6 nitrogen and oxygen atoms in total. The minimum atomic E-state index is -4.46. The number of alkyl halides is 3. The quantitative estimate of drug-likeness (QED) is 0.765. The number of nitrogens with one attached hydrogen (secondary N) is 1. The fraction of sp³-hybridized carbons (Fsp3) is 0.350. The van der Waals surface area contributed by atoms with Gasteiger partial charge in [-0.25, -0.2) is 4.98 Å². The van der Waals surface area contributed by atoms with Crippen molar-refractivity contribution in [2.75, 3.05) is 18.1 Å². The van der Waals surface area contributed by atoms with Crippen LogP contribution in [0.25, 0.3) is 0 Å². The average molecular weight is 439 g/mol. The van der Waals surface area contributed by atoms with Gasteiger partial charge in [0, 0.05) is 30.5 Å². The first-order valence-electron chi connectivity index (χ1n) is 9.10. The number of ether oxygens (including phenoxy) is 1. The summed E-state index contributed by atoms with van der Waals surface area (Å²) in [6, 6.07) is 9.64. The van der Waals surface area contributed by atoms with Gasteiger partial charge in [-0.2, -0.15) is 18.4 Å². The topological polar surface area (TPSA) is 78.2 Å². The fourth-order valence-electron chi connectivity index (χ4n) is 3.28. The summed E-state index contributed by atoms with van der Waals surface area (Å²) in [7, 11) is 0. The largest absolute Gasteiger partial charge is 0.468 e. The Morgan fingerprint density at radius 1 is 1.40 bits per heavy atom. The molecule has 0 bridgehead atoms. The third kappa shape index (κ3) is 5.13. The standard InChI is InChI=1S/C20H18ClF3N4O2/c1-12-17(6-7-28(12)15-4-2-13(9-25)16(21)8-15)27-19(29)14-3-5-18(26-10-14)30-11-20(22,23)24/h2-5,8,10,12,17H,6-7,11H2,1H3,(H,27,29)/t12-,17-/m0/s1. The lowest BCUT2D eigenvalue weighted by Gasteiger charge is -2.27. The first-order valence-corrected chi connectivity index (χ1v) is 9.48. The second kappa shape index (κ2) is 8.79. The van der Waals surface area contributed by atoms with E-state index in [1.165, 1.54) is 18.3 Å². The van der Waals surface area contributed by atoms with Crippen LogP contribution in [0.1, 0.15) is 29.3 Å². The first-order chi connectivity index (χ1) is 14.2. The van der Waals surface area contributed by atoms with E-state index in [-0.39, 0.29) is 29.4 Å². The molecule has 0 aliphatic carbocycles. The van der Waals surface area contributed by atoms with Crippen LogP contribution in [0, 0.1) is 11.3 Å². The number of halogens is 4. The molecule has 3 rings (SSSR count). The molecule has 0 unspecified atom stereocenters. The van der Waals surface area contributed by atoms with Crippen molar-refractivity contribution in [2.24, 2.45) is 0 Å². The van der Waals surface area contributed by atoms with Crippen molar-refractivity contribution >= 4 is 23.2 Å². The number of nitriles is 1. The number of amides is 1. The van der Waals surface area contributed by atoms with Gasteiger partial charge in [0.25, 0.3) is 5.91 Å². The lowest BCUT2D eigenvalue weighted by Crippen LogP contribution is -2.43. The number of aromatic nitrogens is 1. The van der Waals surface area contributed by atoms with E-state index in [0.29, 0.717) is 23.6 Å². The van der Waals surface area contributed by atoms with Crippen LogP contribution in [-0.4, -0.2) is 42.3 Å². The highest BCUT2D eigenvalue weighted by Crippen LogP contribution is 2.29. The molecule has 1 aliphatic heterocycles. The third-order valence-electron chi connectivity index (χ3n) is 4.86. The predicted molar refractivity (Wildman–Crippen MR) is 105 cm³/mol. The SMILES string of the molecule is C[C@H]1[C@@H](NC(=O)c2ccc(OCC(F)(F)F)nc2)CCN1c1ccc(C#N)c(Cl)c1. The molecule has 1 amide bonds. The maximum atomic E-state index is 12.5. The third-order valence-corrected chi connectivity index (χ3v) is 5.17. The van der Waals surface area contributed by atoms with Gasteiger partial charge in [-0.15, -0.1) is 0 Å². The van der Waals surface area contributed by atoms with Crippen LogP contribution in [0.15, 0.2) is 36.5 Å². The fourth-order valence-corrected chi connectivity index (χ4v) is 3.50. The van der Waals surface area contributed by atoms with E-state index >= 15 is 0 Å². The molecular formula is C20H18ClF3N4O2. The van der Waals surface area contributed by atoms with Gasteiger partial charge in [0.2, 0.25) is 5.88 Å². The van der Waals surface area contributed by atoms with Gasteiger partial charge in [-0.1, -0.05) is 11.6 Å². The Bertz CT molecular complexity index is 960. The van der Waals surface area contributed by atoms with Crippen molar-refractivity contribution in [2.45, 2.75) is 31.6 Å². The van der Waals surface area contributed by atoms with E-state index in [9.17, 15) is 18.0 Å². The molecule has 1 saturated heterocycles. The Hall–Kier alpha value is -2.99. The second-order valence-corrected chi connectivity index (χ2v) is 7.27. The number of nitrogens with zero attached hydrogens (tertiary/aromatic N) is 3.